The van der Waals surface area contributed by atoms with E-state index in [9.17, 15) is 13.2 Å². The van der Waals surface area contributed by atoms with Crippen LogP contribution in [0.15, 0.2) is 23.1 Å². The number of nitrogens with one attached hydrogen (secondary N) is 2. The molecular formula is C22H33N3O3S. The van der Waals surface area contributed by atoms with Gasteiger partial charge in [-0.3, -0.25) is 4.79 Å². The number of nitrogens with zero attached hydrogens (tertiary/aromatic N) is 1. The molecular weight excluding hydrogens is 386 g/mol. The van der Waals surface area contributed by atoms with Gasteiger partial charge in [-0.05, 0) is 67.1 Å². The van der Waals surface area contributed by atoms with E-state index in [-0.39, 0.29) is 27.7 Å². The maximum atomic E-state index is 13.2. The largest absolute Gasteiger partial charge is 0.387 e. The maximum Gasteiger partial charge on any atom is 0.251 e. The Morgan fingerprint density at radius 2 is 1.86 bits per heavy atom. The third-order valence-electron chi connectivity index (χ3n) is 7.74. The van der Waals surface area contributed by atoms with Crippen molar-refractivity contribution in [3.63, 3.8) is 0 Å². The molecule has 4 rings (SSSR count). The Morgan fingerprint density at radius 1 is 1.17 bits per heavy atom. The quantitative estimate of drug-likeness (QED) is 0.766. The molecule has 0 aromatic heterocycles. The molecule has 2 aliphatic carbocycles. The first-order valence-electron chi connectivity index (χ1n) is 10.7. The summed E-state index contributed by atoms with van der Waals surface area (Å²) in [4.78, 5) is 13.4. The smallest absolute Gasteiger partial charge is 0.251 e. The van der Waals surface area contributed by atoms with Crippen molar-refractivity contribution in [3.05, 3.63) is 23.8 Å². The lowest BCUT2D eigenvalue weighted by Crippen LogP contribution is -2.52. The van der Waals surface area contributed by atoms with Crippen LogP contribution in [-0.4, -0.2) is 44.8 Å². The molecule has 1 unspecified atom stereocenters. The van der Waals surface area contributed by atoms with Gasteiger partial charge in [0.25, 0.3) is 5.91 Å². The monoisotopic (exact) mass is 419 g/mol. The van der Waals surface area contributed by atoms with Crippen LogP contribution in [0, 0.1) is 16.7 Å². The molecule has 7 heteroatoms. The lowest BCUT2D eigenvalue weighted by atomic mass is 9.68. The first-order valence-corrected chi connectivity index (χ1v) is 12.2. The maximum absolute atomic E-state index is 13.2. The fourth-order valence-electron chi connectivity index (χ4n) is 6.03. The molecule has 0 spiro atoms. The molecule has 0 radical (unpaired) electrons. The van der Waals surface area contributed by atoms with Crippen molar-refractivity contribution in [1.29, 1.82) is 0 Å². The molecule has 160 valence electrons. The van der Waals surface area contributed by atoms with E-state index in [0.717, 1.165) is 25.7 Å². The van der Waals surface area contributed by atoms with Gasteiger partial charge in [0.15, 0.2) is 0 Å². The van der Waals surface area contributed by atoms with E-state index in [0.29, 0.717) is 30.3 Å². The van der Waals surface area contributed by atoms with Gasteiger partial charge >= 0.3 is 0 Å². The Balaban J connectivity index is 1.63. The van der Waals surface area contributed by atoms with Gasteiger partial charge in [-0.2, -0.15) is 4.31 Å². The van der Waals surface area contributed by atoms with E-state index in [2.05, 4.69) is 31.4 Å². The topological polar surface area (TPSA) is 78.5 Å². The average molecular weight is 420 g/mol. The van der Waals surface area contributed by atoms with Gasteiger partial charge < -0.3 is 10.6 Å². The number of benzene rings is 1. The van der Waals surface area contributed by atoms with Crippen LogP contribution in [0.1, 0.15) is 63.2 Å². The van der Waals surface area contributed by atoms with Crippen LogP contribution in [0.25, 0.3) is 0 Å². The number of carbonyl (C=O) groups is 1. The second-order valence-electron chi connectivity index (χ2n) is 9.89. The Hall–Kier alpha value is -1.60. The highest BCUT2D eigenvalue weighted by Crippen LogP contribution is 2.62. The summed E-state index contributed by atoms with van der Waals surface area (Å²) in [6.07, 6.45) is 5.28. The number of sulfonamides is 1. The Kier molecular flexibility index (Phi) is 4.97. The van der Waals surface area contributed by atoms with Crippen LogP contribution in [0.3, 0.4) is 0 Å². The molecule has 2 saturated carbocycles. The molecule has 2 N–H and O–H groups in total. The normalized spacial score (nSPS) is 31.2. The Labute approximate surface area is 174 Å². The van der Waals surface area contributed by atoms with Gasteiger partial charge in [0.1, 0.15) is 4.90 Å². The SMILES string of the molecule is CNc1ccc(C(=O)NC2C(C)(C)[C@@H]3CC[C@]2(C)C3)cc1S(=O)(=O)N1CCCC1. The summed E-state index contributed by atoms with van der Waals surface area (Å²) in [6.45, 7) is 7.86. The second-order valence-corrected chi connectivity index (χ2v) is 11.8. The molecule has 2 bridgehead atoms. The molecule has 1 aromatic carbocycles. The van der Waals surface area contributed by atoms with E-state index in [4.69, 9.17) is 0 Å². The second kappa shape index (κ2) is 6.98. The molecule has 1 saturated heterocycles. The number of hydrogen-bond donors (Lipinski definition) is 2. The van der Waals surface area contributed by atoms with Crippen LogP contribution < -0.4 is 10.6 Å². The standard InChI is InChI=1S/C22H33N3O3S/c1-21(2)16-9-10-22(3,14-16)20(21)24-19(26)15-7-8-17(23-4)18(13-15)29(27,28)25-11-5-6-12-25/h7-8,13,16,20,23H,5-6,9-12,14H2,1-4H3,(H,24,26)/t16-,20?,22-/m1/s1. The minimum Gasteiger partial charge on any atom is -0.387 e. The van der Waals surface area contributed by atoms with Crippen LogP contribution >= 0.6 is 0 Å². The van der Waals surface area contributed by atoms with Gasteiger partial charge in [0, 0.05) is 31.7 Å². The number of anilines is 1. The molecule has 1 aromatic rings. The number of rotatable bonds is 5. The van der Waals surface area contributed by atoms with E-state index >= 15 is 0 Å². The van der Waals surface area contributed by atoms with Crippen molar-refractivity contribution < 1.29 is 13.2 Å². The number of amides is 1. The highest BCUT2D eigenvalue weighted by Gasteiger charge is 2.59. The molecule has 29 heavy (non-hydrogen) atoms. The van der Waals surface area contributed by atoms with Crippen molar-refractivity contribution >= 4 is 21.6 Å². The fourth-order valence-corrected chi connectivity index (χ4v) is 7.77. The summed E-state index contributed by atoms with van der Waals surface area (Å²) in [5.74, 6) is 0.452. The van der Waals surface area contributed by atoms with Crippen LogP contribution in [0.5, 0.6) is 0 Å². The van der Waals surface area contributed by atoms with Gasteiger partial charge in [0.05, 0.1) is 5.69 Å². The zero-order chi connectivity index (χ0) is 21.0. The summed E-state index contributed by atoms with van der Waals surface area (Å²) in [6, 6.07) is 5.05. The lowest BCUT2D eigenvalue weighted by molar-refractivity contribution is 0.0737. The third-order valence-corrected chi connectivity index (χ3v) is 9.68. The highest BCUT2D eigenvalue weighted by atomic mass is 32.2. The van der Waals surface area contributed by atoms with Crippen LogP contribution in [-0.2, 0) is 10.0 Å². The van der Waals surface area contributed by atoms with E-state index < -0.39 is 10.0 Å². The molecule has 3 atom stereocenters. The predicted octanol–water partition coefficient (Wildman–Crippen LogP) is 3.46. The number of carbonyl (C=O) groups excluding carboxylic acids is 1. The predicted molar refractivity (Wildman–Crippen MR) is 114 cm³/mol. The van der Waals surface area contributed by atoms with Gasteiger partial charge in [-0.15, -0.1) is 0 Å². The van der Waals surface area contributed by atoms with Crippen molar-refractivity contribution in [2.24, 2.45) is 16.7 Å². The van der Waals surface area contributed by atoms with Gasteiger partial charge in [-0.1, -0.05) is 20.8 Å². The minimum absolute atomic E-state index is 0.0536. The first-order chi connectivity index (χ1) is 13.6. The summed E-state index contributed by atoms with van der Waals surface area (Å²) in [5.41, 5.74) is 1.11. The fraction of sp³-hybridized carbons (Fsp3) is 0.682. The van der Waals surface area contributed by atoms with E-state index in [1.807, 2.05) is 0 Å². The molecule has 6 nitrogen and oxygen atoms in total. The van der Waals surface area contributed by atoms with Gasteiger partial charge in [0.2, 0.25) is 10.0 Å². The lowest BCUT2D eigenvalue weighted by Gasteiger charge is -2.43. The third kappa shape index (κ3) is 3.26. The Bertz CT molecular complexity index is 916. The molecule has 1 heterocycles. The van der Waals surface area contributed by atoms with Crippen molar-refractivity contribution in [1.82, 2.24) is 9.62 Å². The Morgan fingerprint density at radius 3 is 2.45 bits per heavy atom. The summed E-state index contributed by atoms with van der Waals surface area (Å²) >= 11 is 0. The van der Waals surface area contributed by atoms with Crippen molar-refractivity contribution in [2.45, 2.75) is 63.8 Å². The molecule has 1 amide bonds. The van der Waals surface area contributed by atoms with Crippen molar-refractivity contribution in [3.8, 4) is 0 Å². The zero-order valence-corrected chi connectivity index (χ0v) is 18.7. The zero-order valence-electron chi connectivity index (χ0n) is 17.9. The minimum atomic E-state index is -3.62. The summed E-state index contributed by atoms with van der Waals surface area (Å²) in [7, 11) is -1.91. The molecule has 3 fully saturated rings. The highest BCUT2D eigenvalue weighted by molar-refractivity contribution is 7.89. The van der Waals surface area contributed by atoms with Gasteiger partial charge in [-0.25, -0.2) is 8.42 Å². The van der Waals surface area contributed by atoms with E-state index in [1.54, 1.807) is 19.2 Å². The average Bonchev–Trinajstić information content (AvgIpc) is 3.39. The van der Waals surface area contributed by atoms with Crippen LogP contribution in [0.2, 0.25) is 0 Å². The van der Waals surface area contributed by atoms with Crippen LogP contribution in [0.4, 0.5) is 5.69 Å². The molecule has 1 aliphatic heterocycles. The van der Waals surface area contributed by atoms with E-state index in [1.165, 1.54) is 16.8 Å². The molecule has 3 aliphatic rings. The first kappa shape index (κ1) is 20.7. The number of hydrogen-bond acceptors (Lipinski definition) is 4. The number of fused-ring (bicyclic) bond motifs is 2. The summed E-state index contributed by atoms with van der Waals surface area (Å²) < 4.78 is 27.8. The summed E-state index contributed by atoms with van der Waals surface area (Å²) in [5, 5.41) is 6.24. The van der Waals surface area contributed by atoms with Crippen molar-refractivity contribution in [2.75, 3.05) is 25.5 Å².